The lowest BCUT2D eigenvalue weighted by atomic mass is 10.2. The summed E-state index contributed by atoms with van der Waals surface area (Å²) in [6, 6.07) is 14.5. The summed E-state index contributed by atoms with van der Waals surface area (Å²) in [5.74, 6) is 0.809. The first kappa shape index (κ1) is 17.9. The molecule has 0 heterocycles. The van der Waals surface area contributed by atoms with E-state index in [1.165, 1.54) is 16.7 Å². The highest BCUT2D eigenvalue weighted by Crippen LogP contribution is 2.23. The molecule has 0 aromatic heterocycles. The van der Waals surface area contributed by atoms with E-state index in [1.54, 1.807) is 45.5 Å². The van der Waals surface area contributed by atoms with Gasteiger partial charge in [-0.15, -0.1) is 11.8 Å². The fourth-order valence-corrected chi connectivity index (χ4v) is 2.77. The molecule has 1 N–H and O–H groups in total. The Kier molecular flexibility index (Phi) is 6.26. The Balaban J connectivity index is 1.94. The van der Waals surface area contributed by atoms with Crippen LogP contribution in [0.5, 0.6) is 5.75 Å². The van der Waals surface area contributed by atoms with Crippen LogP contribution in [0.3, 0.4) is 0 Å². The van der Waals surface area contributed by atoms with Crippen molar-refractivity contribution in [1.29, 1.82) is 0 Å². The molecule has 24 heavy (non-hydrogen) atoms. The van der Waals surface area contributed by atoms with Crippen molar-refractivity contribution < 1.29 is 14.3 Å². The maximum Gasteiger partial charge on any atom is 0.253 e. The number of thioether (sulfide) groups is 1. The van der Waals surface area contributed by atoms with Gasteiger partial charge < -0.3 is 15.0 Å². The molecule has 0 saturated carbocycles. The maximum absolute atomic E-state index is 12.1. The SMILES string of the molecule is COc1cccc(SCC(=O)Nc2cccc(C(=O)N(C)C)c2)c1. The van der Waals surface area contributed by atoms with Crippen molar-refractivity contribution >= 4 is 29.3 Å². The van der Waals surface area contributed by atoms with Crippen molar-refractivity contribution in [3.8, 4) is 5.75 Å². The van der Waals surface area contributed by atoms with E-state index < -0.39 is 0 Å². The van der Waals surface area contributed by atoms with Gasteiger partial charge in [0.05, 0.1) is 12.9 Å². The predicted octanol–water partition coefficient (Wildman–Crippen LogP) is 3.13. The Morgan fingerprint density at radius 3 is 2.58 bits per heavy atom. The van der Waals surface area contributed by atoms with E-state index in [-0.39, 0.29) is 17.6 Å². The summed E-state index contributed by atoms with van der Waals surface area (Å²) in [4.78, 5) is 26.5. The zero-order valence-electron chi connectivity index (χ0n) is 13.9. The number of nitrogens with zero attached hydrogens (tertiary/aromatic N) is 1. The topological polar surface area (TPSA) is 58.6 Å². The van der Waals surface area contributed by atoms with Crippen LogP contribution in [0, 0.1) is 0 Å². The lowest BCUT2D eigenvalue weighted by Crippen LogP contribution is -2.22. The maximum atomic E-state index is 12.1. The molecule has 0 aliphatic carbocycles. The predicted molar refractivity (Wildman–Crippen MR) is 96.8 cm³/mol. The van der Waals surface area contributed by atoms with Crippen molar-refractivity contribution in [3.63, 3.8) is 0 Å². The van der Waals surface area contributed by atoms with Crippen LogP contribution in [0.4, 0.5) is 5.69 Å². The molecule has 5 nitrogen and oxygen atoms in total. The molecular formula is C18H20N2O3S. The number of ether oxygens (including phenoxy) is 1. The second kappa shape index (κ2) is 8.40. The van der Waals surface area contributed by atoms with Gasteiger partial charge in [-0.1, -0.05) is 12.1 Å². The molecule has 0 unspecified atom stereocenters. The van der Waals surface area contributed by atoms with E-state index in [0.29, 0.717) is 11.3 Å². The Bertz CT molecular complexity index is 732. The van der Waals surface area contributed by atoms with Crippen molar-refractivity contribution in [2.45, 2.75) is 4.90 Å². The molecule has 2 amide bonds. The second-order valence-corrected chi connectivity index (χ2v) is 6.34. The number of hydrogen-bond donors (Lipinski definition) is 1. The van der Waals surface area contributed by atoms with Gasteiger partial charge in [0.1, 0.15) is 5.75 Å². The molecule has 0 bridgehead atoms. The molecule has 2 aromatic rings. The van der Waals surface area contributed by atoms with Gasteiger partial charge in [0.15, 0.2) is 0 Å². The standard InChI is InChI=1S/C18H20N2O3S/c1-20(2)18(22)13-6-4-7-14(10-13)19-17(21)12-24-16-9-5-8-15(11-16)23-3/h4-11H,12H2,1-3H3,(H,19,21). The average Bonchev–Trinajstić information content (AvgIpc) is 2.59. The molecule has 2 rings (SSSR count). The number of benzene rings is 2. The third kappa shape index (κ3) is 5.03. The average molecular weight is 344 g/mol. The van der Waals surface area contributed by atoms with Gasteiger partial charge in [-0.25, -0.2) is 0 Å². The summed E-state index contributed by atoms with van der Waals surface area (Å²) < 4.78 is 5.16. The first-order valence-corrected chi connectivity index (χ1v) is 8.36. The zero-order chi connectivity index (χ0) is 17.5. The summed E-state index contributed by atoms with van der Waals surface area (Å²) >= 11 is 1.43. The molecule has 6 heteroatoms. The van der Waals surface area contributed by atoms with Crippen molar-refractivity contribution in [3.05, 3.63) is 54.1 Å². The molecule has 2 aromatic carbocycles. The van der Waals surface area contributed by atoms with Crippen molar-refractivity contribution in [1.82, 2.24) is 4.90 Å². The first-order valence-electron chi connectivity index (χ1n) is 7.38. The van der Waals surface area contributed by atoms with Gasteiger partial charge in [-0.05, 0) is 36.4 Å². The number of carbonyl (C=O) groups excluding carboxylic acids is 2. The third-order valence-corrected chi connectivity index (χ3v) is 4.20. The summed E-state index contributed by atoms with van der Waals surface area (Å²) in [6.07, 6.45) is 0. The lowest BCUT2D eigenvalue weighted by molar-refractivity contribution is -0.113. The molecule has 0 fully saturated rings. The minimum atomic E-state index is -0.128. The van der Waals surface area contributed by atoms with E-state index in [1.807, 2.05) is 24.3 Å². The lowest BCUT2D eigenvalue weighted by Gasteiger charge is -2.11. The molecule has 0 atom stereocenters. The van der Waals surface area contributed by atoms with Crippen LogP contribution in [-0.4, -0.2) is 43.7 Å². The van der Waals surface area contributed by atoms with Gasteiger partial charge in [0.25, 0.3) is 5.91 Å². The van der Waals surface area contributed by atoms with Crippen LogP contribution in [0.2, 0.25) is 0 Å². The Hall–Kier alpha value is -2.47. The molecular weight excluding hydrogens is 324 g/mol. The Morgan fingerprint density at radius 1 is 1.12 bits per heavy atom. The van der Waals surface area contributed by atoms with Crippen LogP contribution in [0.25, 0.3) is 0 Å². The van der Waals surface area contributed by atoms with Gasteiger partial charge in [0, 0.05) is 30.2 Å². The minimum Gasteiger partial charge on any atom is -0.497 e. The van der Waals surface area contributed by atoms with E-state index in [4.69, 9.17) is 4.74 Å². The summed E-state index contributed by atoms with van der Waals surface area (Å²) in [5, 5.41) is 2.81. The fraction of sp³-hybridized carbons (Fsp3) is 0.222. The number of methoxy groups -OCH3 is 1. The van der Waals surface area contributed by atoms with Crippen LogP contribution >= 0.6 is 11.8 Å². The number of hydrogen-bond acceptors (Lipinski definition) is 4. The molecule has 0 radical (unpaired) electrons. The van der Waals surface area contributed by atoms with Crippen molar-refractivity contribution in [2.24, 2.45) is 0 Å². The number of rotatable bonds is 6. The number of amides is 2. The fourth-order valence-electron chi connectivity index (χ4n) is 2.03. The van der Waals surface area contributed by atoms with E-state index >= 15 is 0 Å². The Labute approximate surface area is 146 Å². The van der Waals surface area contributed by atoms with Crippen molar-refractivity contribution in [2.75, 3.05) is 32.3 Å². The van der Waals surface area contributed by atoms with E-state index in [0.717, 1.165) is 10.6 Å². The monoisotopic (exact) mass is 344 g/mol. The highest BCUT2D eigenvalue weighted by Gasteiger charge is 2.10. The van der Waals surface area contributed by atoms with Gasteiger partial charge in [0.2, 0.25) is 5.91 Å². The molecule has 0 aliphatic heterocycles. The highest BCUT2D eigenvalue weighted by molar-refractivity contribution is 8.00. The highest BCUT2D eigenvalue weighted by atomic mass is 32.2. The summed E-state index contributed by atoms with van der Waals surface area (Å²) in [7, 11) is 5.00. The smallest absolute Gasteiger partial charge is 0.253 e. The molecule has 0 aliphatic rings. The van der Waals surface area contributed by atoms with Crippen LogP contribution in [-0.2, 0) is 4.79 Å². The van der Waals surface area contributed by atoms with Crippen LogP contribution < -0.4 is 10.1 Å². The van der Waals surface area contributed by atoms with Gasteiger partial charge >= 0.3 is 0 Å². The van der Waals surface area contributed by atoms with Gasteiger partial charge in [-0.2, -0.15) is 0 Å². The molecule has 0 spiro atoms. The number of carbonyl (C=O) groups is 2. The van der Waals surface area contributed by atoms with Gasteiger partial charge in [-0.3, -0.25) is 9.59 Å². The Morgan fingerprint density at radius 2 is 1.88 bits per heavy atom. The van der Waals surface area contributed by atoms with E-state index in [2.05, 4.69) is 5.32 Å². The summed E-state index contributed by atoms with van der Waals surface area (Å²) in [5.41, 5.74) is 1.15. The summed E-state index contributed by atoms with van der Waals surface area (Å²) in [6.45, 7) is 0. The second-order valence-electron chi connectivity index (χ2n) is 5.30. The van der Waals surface area contributed by atoms with E-state index in [9.17, 15) is 9.59 Å². The normalized spacial score (nSPS) is 10.1. The number of nitrogens with one attached hydrogen (secondary N) is 1. The largest absolute Gasteiger partial charge is 0.497 e. The zero-order valence-corrected chi connectivity index (χ0v) is 14.7. The molecule has 126 valence electrons. The number of anilines is 1. The quantitative estimate of drug-likeness (QED) is 0.818. The third-order valence-electron chi connectivity index (χ3n) is 3.21. The molecule has 0 saturated heterocycles. The van der Waals surface area contributed by atoms with Crippen LogP contribution in [0.15, 0.2) is 53.4 Å². The van der Waals surface area contributed by atoms with Crippen LogP contribution in [0.1, 0.15) is 10.4 Å². The minimum absolute atomic E-state index is 0.100. The first-order chi connectivity index (χ1) is 11.5.